The minimum atomic E-state index is 0.0111. The molecule has 0 aliphatic carbocycles. The highest BCUT2D eigenvalue weighted by Crippen LogP contribution is 2.23. The van der Waals surface area contributed by atoms with Crippen LogP contribution in [0, 0.1) is 5.92 Å². The van der Waals surface area contributed by atoms with Crippen molar-refractivity contribution in [1.82, 2.24) is 4.90 Å². The summed E-state index contributed by atoms with van der Waals surface area (Å²) in [4.78, 5) is 15.5. The molecular weight excluding hydrogens is 238 g/mol. The molecule has 5 heteroatoms. The van der Waals surface area contributed by atoms with E-state index >= 15 is 0 Å². The second-order valence-corrected chi connectivity index (χ2v) is 4.79. The number of halogens is 1. The third-order valence-corrected chi connectivity index (χ3v) is 3.25. The SMILES string of the molecule is CN1CC(CN)CN(c2ccc(Cl)cc2)C1=O. The third-order valence-electron chi connectivity index (χ3n) is 3.00. The summed E-state index contributed by atoms with van der Waals surface area (Å²) in [7, 11) is 1.80. The number of carbonyl (C=O) groups is 1. The molecule has 1 aromatic rings. The molecule has 1 aliphatic heterocycles. The van der Waals surface area contributed by atoms with Crippen LogP contribution >= 0.6 is 11.6 Å². The average Bonchev–Trinajstić information content (AvgIpc) is 2.34. The first-order valence-electron chi connectivity index (χ1n) is 5.60. The summed E-state index contributed by atoms with van der Waals surface area (Å²) >= 11 is 5.84. The van der Waals surface area contributed by atoms with Crippen molar-refractivity contribution in [3.05, 3.63) is 29.3 Å². The predicted octanol–water partition coefficient (Wildman–Crippen LogP) is 1.79. The van der Waals surface area contributed by atoms with Crippen molar-refractivity contribution >= 4 is 23.3 Å². The Balaban J connectivity index is 2.23. The van der Waals surface area contributed by atoms with Crippen LogP contribution in [0.25, 0.3) is 0 Å². The van der Waals surface area contributed by atoms with Gasteiger partial charge in [0, 0.05) is 36.8 Å². The molecule has 1 atom stereocenters. The molecule has 2 amide bonds. The fraction of sp³-hybridized carbons (Fsp3) is 0.417. The van der Waals surface area contributed by atoms with Crippen LogP contribution in [0.2, 0.25) is 5.02 Å². The molecule has 1 aromatic carbocycles. The first-order chi connectivity index (χ1) is 8.11. The normalized spacial score (nSPS) is 20.9. The van der Waals surface area contributed by atoms with Gasteiger partial charge in [-0.3, -0.25) is 4.90 Å². The van der Waals surface area contributed by atoms with Crippen molar-refractivity contribution in [3.8, 4) is 0 Å². The molecule has 1 aliphatic rings. The highest BCUT2D eigenvalue weighted by molar-refractivity contribution is 6.30. The van der Waals surface area contributed by atoms with Gasteiger partial charge in [-0.15, -0.1) is 0 Å². The van der Waals surface area contributed by atoms with Gasteiger partial charge in [-0.25, -0.2) is 4.79 Å². The van der Waals surface area contributed by atoms with Crippen molar-refractivity contribution in [2.24, 2.45) is 11.7 Å². The van der Waals surface area contributed by atoms with Crippen molar-refractivity contribution in [2.45, 2.75) is 0 Å². The zero-order valence-corrected chi connectivity index (χ0v) is 10.5. The van der Waals surface area contributed by atoms with Crippen LogP contribution in [0.1, 0.15) is 0 Å². The van der Waals surface area contributed by atoms with Crippen LogP contribution in [0.3, 0.4) is 0 Å². The molecule has 1 unspecified atom stereocenters. The Morgan fingerprint density at radius 3 is 2.59 bits per heavy atom. The molecular formula is C12H16ClN3O. The van der Waals surface area contributed by atoms with Crippen molar-refractivity contribution in [3.63, 3.8) is 0 Å². The third kappa shape index (κ3) is 2.53. The first kappa shape index (κ1) is 12.2. The van der Waals surface area contributed by atoms with E-state index in [9.17, 15) is 4.79 Å². The van der Waals surface area contributed by atoms with Crippen LogP contribution in [-0.2, 0) is 0 Å². The average molecular weight is 254 g/mol. The van der Waals surface area contributed by atoms with Gasteiger partial charge >= 0.3 is 6.03 Å². The minimum Gasteiger partial charge on any atom is -0.330 e. The van der Waals surface area contributed by atoms with Gasteiger partial charge in [0.15, 0.2) is 0 Å². The van der Waals surface area contributed by atoms with Gasteiger partial charge in [0.05, 0.1) is 0 Å². The van der Waals surface area contributed by atoms with Gasteiger partial charge in [0.1, 0.15) is 0 Å². The van der Waals surface area contributed by atoms with E-state index in [0.717, 1.165) is 12.2 Å². The Hall–Kier alpha value is -1.26. The van der Waals surface area contributed by atoms with E-state index < -0.39 is 0 Å². The maximum atomic E-state index is 12.1. The number of rotatable bonds is 2. The van der Waals surface area contributed by atoms with Gasteiger partial charge in [0.2, 0.25) is 0 Å². The van der Waals surface area contributed by atoms with Crippen molar-refractivity contribution in [2.75, 3.05) is 31.6 Å². The van der Waals surface area contributed by atoms with Gasteiger partial charge in [-0.2, -0.15) is 0 Å². The smallest absolute Gasteiger partial charge is 0.324 e. The summed E-state index contributed by atoms with van der Waals surface area (Å²) in [6.45, 7) is 1.97. The number of anilines is 1. The van der Waals surface area contributed by atoms with E-state index in [1.165, 1.54) is 0 Å². The Morgan fingerprint density at radius 2 is 2.00 bits per heavy atom. The summed E-state index contributed by atoms with van der Waals surface area (Å²) < 4.78 is 0. The standard InChI is InChI=1S/C12H16ClN3O/c1-15-7-9(6-14)8-16(12(15)17)11-4-2-10(13)3-5-11/h2-5,9H,6-8,14H2,1H3. The van der Waals surface area contributed by atoms with Gasteiger partial charge < -0.3 is 10.6 Å². The van der Waals surface area contributed by atoms with Crippen LogP contribution < -0.4 is 10.6 Å². The number of carbonyl (C=O) groups excluding carboxylic acids is 1. The molecule has 92 valence electrons. The highest BCUT2D eigenvalue weighted by atomic mass is 35.5. The quantitative estimate of drug-likeness (QED) is 0.874. The number of nitrogens with zero attached hydrogens (tertiary/aromatic N) is 2. The van der Waals surface area contributed by atoms with E-state index in [2.05, 4.69) is 0 Å². The maximum absolute atomic E-state index is 12.1. The van der Waals surface area contributed by atoms with Crippen LogP contribution in [-0.4, -0.2) is 37.6 Å². The van der Waals surface area contributed by atoms with Crippen molar-refractivity contribution in [1.29, 1.82) is 0 Å². The molecule has 2 rings (SSSR count). The molecule has 1 heterocycles. The fourth-order valence-electron chi connectivity index (χ4n) is 2.05. The van der Waals surface area contributed by atoms with Crippen LogP contribution in [0.15, 0.2) is 24.3 Å². The summed E-state index contributed by atoms with van der Waals surface area (Å²) in [5.41, 5.74) is 6.55. The maximum Gasteiger partial charge on any atom is 0.324 e. The monoisotopic (exact) mass is 253 g/mol. The zero-order valence-electron chi connectivity index (χ0n) is 9.77. The van der Waals surface area contributed by atoms with Gasteiger partial charge in [0.25, 0.3) is 0 Å². The van der Waals surface area contributed by atoms with Crippen LogP contribution in [0.4, 0.5) is 10.5 Å². The summed E-state index contributed by atoms with van der Waals surface area (Å²) in [5, 5.41) is 0.668. The van der Waals surface area contributed by atoms with E-state index in [4.69, 9.17) is 17.3 Å². The van der Waals surface area contributed by atoms with E-state index in [-0.39, 0.29) is 6.03 Å². The lowest BCUT2D eigenvalue weighted by atomic mass is 10.1. The Kier molecular flexibility index (Phi) is 3.54. The van der Waals surface area contributed by atoms with E-state index in [0.29, 0.717) is 24.0 Å². The summed E-state index contributed by atoms with van der Waals surface area (Å²) in [6, 6.07) is 7.30. The van der Waals surface area contributed by atoms with Crippen molar-refractivity contribution < 1.29 is 4.79 Å². The minimum absolute atomic E-state index is 0.0111. The molecule has 17 heavy (non-hydrogen) atoms. The summed E-state index contributed by atoms with van der Waals surface area (Å²) in [6.07, 6.45) is 0. The molecule has 0 spiro atoms. The predicted molar refractivity (Wildman–Crippen MR) is 69.4 cm³/mol. The molecule has 2 N–H and O–H groups in total. The lowest BCUT2D eigenvalue weighted by Crippen LogP contribution is -2.53. The number of hydrogen-bond donors (Lipinski definition) is 1. The van der Waals surface area contributed by atoms with Crippen LogP contribution in [0.5, 0.6) is 0 Å². The number of amides is 2. The molecule has 1 fully saturated rings. The molecule has 1 saturated heterocycles. The molecule has 0 aromatic heterocycles. The van der Waals surface area contributed by atoms with E-state index in [1.54, 1.807) is 29.0 Å². The number of nitrogens with two attached hydrogens (primary N) is 1. The molecule has 4 nitrogen and oxygen atoms in total. The van der Waals surface area contributed by atoms with Gasteiger partial charge in [-0.1, -0.05) is 11.6 Å². The molecule has 0 bridgehead atoms. The number of urea groups is 1. The van der Waals surface area contributed by atoms with Gasteiger partial charge in [-0.05, 0) is 30.8 Å². The number of hydrogen-bond acceptors (Lipinski definition) is 2. The topological polar surface area (TPSA) is 49.6 Å². The zero-order chi connectivity index (χ0) is 12.4. The Labute approximate surface area is 106 Å². The lowest BCUT2D eigenvalue weighted by Gasteiger charge is -2.37. The Morgan fingerprint density at radius 1 is 1.35 bits per heavy atom. The highest BCUT2D eigenvalue weighted by Gasteiger charge is 2.29. The number of benzene rings is 1. The lowest BCUT2D eigenvalue weighted by molar-refractivity contribution is 0.194. The Bertz CT molecular complexity index is 407. The second kappa shape index (κ2) is 4.94. The molecule has 0 saturated carbocycles. The molecule has 0 radical (unpaired) electrons. The first-order valence-corrected chi connectivity index (χ1v) is 5.98. The summed E-state index contributed by atoms with van der Waals surface area (Å²) in [5.74, 6) is 0.313. The van der Waals surface area contributed by atoms with E-state index in [1.807, 2.05) is 12.1 Å². The second-order valence-electron chi connectivity index (χ2n) is 4.35. The fourth-order valence-corrected chi connectivity index (χ4v) is 2.18. The largest absolute Gasteiger partial charge is 0.330 e.